The molecule has 0 spiro atoms. The van der Waals surface area contributed by atoms with Crippen LogP contribution in [0.3, 0.4) is 0 Å². The molecule has 168 valence electrons. The second kappa shape index (κ2) is 8.68. The van der Waals surface area contributed by atoms with Crippen LogP contribution >= 0.6 is 0 Å². The number of hydrogen-bond acceptors (Lipinski definition) is 4. The minimum absolute atomic E-state index is 0.0298. The van der Waals surface area contributed by atoms with Crippen molar-refractivity contribution in [2.24, 2.45) is 10.9 Å². The number of allylic oxidation sites excluding steroid dienone is 1. The molecule has 0 saturated heterocycles. The van der Waals surface area contributed by atoms with Crippen LogP contribution in [0.15, 0.2) is 83.7 Å². The second-order valence-corrected chi connectivity index (χ2v) is 9.55. The Kier molecular flexibility index (Phi) is 5.39. The van der Waals surface area contributed by atoms with E-state index in [9.17, 15) is 5.11 Å². The number of nitrogens with one attached hydrogen (secondary N) is 1. The van der Waals surface area contributed by atoms with Crippen molar-refractivity contribution in [2.75, 3.05) is 0 Å². The lowest BCUT2D eigenvalue weighted by Crippen LogP contribution is -2.41. The van der Waals surface area contributed by atoms with E-state index in [0.29, 0.717) is 0 Å². The number of fused-ring (bicyclic) bond motifs is 2. The summed E-state index contributed by atoms with van der Waals surface area (Å²) in [4.78, 5) is 5.08. The van der Waals surface area contributed by atoms with Gasteiger partial charge in [0.05, 0.1) is 6.10 Å². The van der Waals surface area contributed by atoms with Crippen LogP contribution in [0.25, 0.3) is 21.5 Å². The quantitative estimate of drug-likeness (QED) is 0.379. The molecule has 1 fully saturated rings. The fourth-order valence-corrected chi connectivity index (χ4v) is 5.40. The Bertz CT molecular complexity index is 1270. The smallest absolute Gasteiger partial charge is 0.190 e. The zero-order valence-corrected chi connectivity index (χ0v) is 18.8. The number of benzene rings is 3. The van der Waals surface area contributed by atoms with Gasteiger partial charge < -0.3 is 15.2 Å². The number of aliphatic hydroxyl groups excluding tert-OH is 1. The first-order chi connectivity index (χ1) is 16.2. The van der Waals surface area contributed by atoms with E-state index in [1.54, 1.807) is 0 Å². The van der Waals surface area contributed by atoms with Crippen molar-refractivity contribution < 1.29 is 9.84 Å². The number of ether oxygens (including phenoxy) is 1. The summed E-state index contributed by atoms with van der Waals surface area (Å²) in [6.45, 7) is 0. The largest absolute Gasteiger partial charge is 0.476 e. The molecule has 3 aromatic rings. The zero-order chi connectivity index (χ0) is 22.2. The van der Waals surface area contributed by atoms with Crippen LogP contribution in [-0.4, -0.2) is 23.2 Å². The first-order valence-electron chi connectivity index (χ1n) is 12.2. The van der Waals surface area contributed by atoms with Crippen molar-refractivity contribution in [2.45, 2.75) is 56.8 Å². The average Bonchev–Trinajstić information content (AvgIpc) is 3.35. The molecule has 0 radical (unpaired) electrons. The molecular formula is C29H30N2O2. The minimum atomic E-state index is -0.514. The molecule has 1 saturated carbocycles. The Morgan fingerprint density at radius 2 is 1.64 bits per heavy atom. The highest BCUT2D eigenvalue weighted by Gasteiger charge is 2.30. The number of nitrogens with zero attached hydrogens (tertiary/aromatic N) is 1. The lowest BCUT2D eigenvalue weighted by molar-refractivity contribution is 0.109. The molecule has 0 amide bonds. The van der Waals surface area contributed by atoms with Crippen LogP contribution in [0, 0.1) is 5.92 Å². The van der Waals surface area contributed by atoms with Crippen molar-refractivity contribution in [3.05, 3.63) is 84.3 Å². The van der Waals surface area contributed by atoms with Gasteiger partial charge in [-0.15, -0.1) is 0 Å². The molecular weight excluding hydrogens is 408 g/mol. The highest BCUT2D eigenvalue weighted by Crippen LogP contribution is 2.33. The molecule has 4 nitrogen and oxygen atoms in total. The summed E-state index contributed by atoms with van der Waals surface area (Å²) in [5.74, 6) is 1.60. The van der Waals surface area contributed by atoms with E-state index in [1.165, 1.54) is 34.4 Å². The summed E-state index contributed by atoms with van der Waals surface area (Å²) in [6.07, 6.45) is 12.3. The number of aliphatic hydroxyl groups is 1. The van der Waals surface area contributed by atoms with Gasteiger partial charge in [-0.3, -0.25) is 4.99 Å². The molecule has 1 heterocycles. The Morgan fingerprint density at radius 3 is 2.42 bits per heavy atom. The third-order valence-corrected chi connectivity index (χ3v) is 7.25. The third-order valence-electron chi connectivity index (χ3n) is 7.25. The number of hydrogen-bond donors (Lipinski definition) is 2. The van der Waals surface area contributed by atoms with Gasteiger partial charge >= 0.3 is 0 Å². The predicted octanol–water partition coefficient (Wildman–Crippen LogP) is 6.16. The third kappa shape index (κ3) is 4.16. The Balaban J connectivity index is 1.38. The van der Waals surface area contributed by atoms with Gasteiger partial charge in [-0.1, -0.05) is 48.6 Å². The lowest BCUT2D eigenvalue weighted by Gasteiger charge is -2.31. The normalized spacial score (nSPS) is 25.7. The van der Waals surface area contributed by atoms with Crippen LogP contribution in [0.5, 0.6) is 0 Å². The number of amidine groups is 1. The summed E-state index contributed by atoms with van der Waals surface area (Å²) in [5, 5.41) is 19.0. The van der Waals surface area contributed by atoms with E-state index in [1.807, 2.05) is 6.08 Å². The van der Waals surface area contributed by atoms with Crippen molar-refractivity contribution in [3.63, 3.8) is 0 Å². The van der Waals surface area contributed by atoms with Crippen molar-refractivity contribution in [3.8, 4) is 0 Å². The van der Waals surface area contributed by atoms with Crippen molar-refractivity contribution in [1.82, 2.24) is 5.32 Å². The van der Waals surface area contributed by atoms with Gasteiger partial charge in [0.25, 0.3) is 0 Å². The second-order valence-electron chi connectivity index (χ2n) is 9.55. The van der Waals surface area contributed by atoms with Gasteiger partial charge in [0.1, 0.15) is 18.0 Å². The Labute approximate surface area is 194 Å². The monoisotopic (exact) mass is 438 g/mol. The fourth-order valence-electron chi connectivity index (χ4n) is 5.40. The Hall–Kier alpha value is -3.11. The van der Waals surface area contributed by atoms with Crippen molar-refractivity contribution in [1.29, 1.82) is 0 Å². The van der Waals surface area contributed by atoms with Crippen LogP contribution in [0.1, 0.15) is 50.1 Å². The minimum Gasteiger partial charge on any atom is -0.476 e. The van der Waals surface area contributed by atoms with E-state index in [2.05, 4.69) is 72.1 Å². The highest BCUT2D eigenvalue weighted by molar-refractivity contribution is 5.98. The summed E-state index contributed by atoms with van der Waals surface area (Å²) in [7, 11) is 0. The first kappa shape index (κ1) is 20.5. The maximum atomic E-state index is 10.6. The zero-order valence-electron chi connectivity index (χ0n) is 18.8. The molecule has 1 aliphatic heterocycles. The molecule has 6 rings (SSSR count). The standard InChI is InChI=1S/C29H30N2O2/c32-27-12-6-5-11-25(27)29-30-26(18-28(31-29)33-24-9-3-4-10-24)22-14-13-21-15-19-7-1-2-8-20(19)16-23(21)17-22/h1-2,6-8,12-18,24-27,32H,3-5,9-11H2,(H,30,31). The molecule has 2 aliphatic carbocycles. The SMILES string of the molecule is OC1C=CCCC1C1=NC(c2ccc3cc4ccccc4cc3c2)C=C(OC2CCCC2)N1. The van der Waals surface area contributed by atoms with E-state index >= 15 is 0 Å². The van der Waals surface area contributed by atoms with E-state index in [0.717, 1.165) is 43.0 Å². The Morgan fingerprint density at radius 1 is 0.879 bits per heavy atom. The van der Waals surface area contributed by atoms with Crippen LogP contribution in [0.2, 0.25) is 0 Å². The van der Waals surface area contributed by atoms with E-state index < -0.39 is 6.10 Å². The molecule has 3 atom stereocenters. The molecule has 3 aromatic carbocycles. The average molecular weight is 439 g/mol. The van der Waals surface area contributed by atoms with Gasteiger partial charge in [0.2, 0.25) is 0 Å². The maximum Gasteiger partial charge on any atom is 0.190 e. The van der Waals surface area contributed by atoms with Crippen LogP contribution < -0.4 is 5.32 Å². The topological polar surface area (TPSA) is 53.9 Å². The fraction of sp³-hybridized carbons (Fsp3) is 0.345. The van der Waals surface area contributed by atoms with E-state index in [-0.39, 0.29) is 18.1 Å². The predicted molar refractivity (Wildman–Crippen MR) is 134 cm³/mol. The summed E-state index contributed by atoms with van der Waals surface area (Å²) < 4.78 is 6.37. The maximum absolute atomic E-state index is 10.6. The van der Waals surface area contributed by atoms with E-state index in [4.69, 9.17) is 9.73 Å². The van der Waals surface area contributed by atoms with Crippen LogP contribution in [-0.2, 0) is 4.74 Å². The first-order valence-corrected chi connectivity index (χ1v) is 12.2. The molecule has 4 heteroatoms. The molecule has 0 aromatic heterocycles. The number of rotatable bonds is 4. The summed E-state index contributed by atoms with van der Waals surface area (Å²) in [6, 6.07) is 19.5. The highest BCUT2D eigenvalue weighted by atomic mass is 16.5. The molecule has 2 N–H and O–H groups in total. The van der Waals surface area contributed by atoms with Gasteiger partial charge in [-0.05, 0) is 83.8 Å². The van der Waals surface area contributed by atoms with Gasteiger partial charge in [-0.25, -0.2) is 0 Å². The number of aliphatic imine (C=N–C) groups is 1. The molecule has 33 heavy (non-hydrogen) atoms. The molecule has 3 unspecified atom stereocenters. The lowest BCUT2D eigenvalue weighted by atomic mass is 9.89. The summed E-state index contributed by atoms with van der Waals surface area (Å²) >= 11 is 0. The summed E-state index contributed by atoms with van der Waals surface area (Å²) in [5.41, 5.74) is 1.14. The van der Waals surface area contributed by atoms with Gasteiger partial charge in [-0.2, -0.15) is 0 Å². The van der Waals surface area contributed by atoms with Gasteiger partial charge in [0.15, 0.2) is 5.88 Å². The molecule has 3 aliphatic rings. The van der Waals surface area contributed by atoms with Gasteiger partial charge in [0, 0.05) is 12.0 Å². The molecule has 0 bridgehead atoms. The van der Waals surface area contributed by atoms with Crippen molar-refractivity contribution >= 4 is 27.4 Å². The van der Waals surface area contributed by atoms with Crippen LogP contribution in [0.4, 0.5) is 0 Å².